The van der Waals surface area contributed by atoms with Gasteiger partial charge in [0.1, 0.15) is 0 Å². The van der Waals surface area contributed by atoms with Gasteiger partial charge in [0, 0.05) is 10.6 Å². The number of benzene rings is 1. The van der Waals surface area contributed by atoms with Crippen molar-refractivity contribution in [3.63, 3.8) is 0 Å². The lowest BCUT2D eigenvalue weighted by molar-refractivity contribution is 0.210. The number of rotatable bonds is 1. The van der Waals surface area contributed by atoms with E-state index in [2.05, 4.69) is 5.32 Å². The maximum atomic E-state index is 10.1. The van der Waals surface area contributed by atoms with Crippen LogP contribution in [0.4, 0.5) is 10.5 Å². The van der Waals surface area contributed by atoms with Crippen LogP contribution in [0.1, 0.15) is 0 Å². The third-order valence-electron chi connectivity index (χ3n) is 1.09. The average molecular weight is 168 g/mol. The molecular weight excluding hydrogens is 162 g/mol. The second-order valence-corrected chi connectivity index (χ2v) is 2.43. The van der Waals surface area contributed by atoms with Gasteiger partial charge in [-0.1, -0.05) is 18.7 Å². The van der Waals surface area contributed by atoms with E-state index in [0.29, 0.717) is 10.6 Å². The smallest absolute Gasteiger partial charge is 0.409 e. The Hall–Kier alpha value is -1.29. The number of carboxylic acid groups (broad SMARTS) is 1. The van der Waals surface area contributed by atoms with Crippen LogP contribution in [0.25, 0.3) is 0 Å². The highest BCUT2D eigenvalue weighted by Gasteiger charge is 1.96. The monoisotopic (exact) mass is 168 g/mol. The molecule has 57 valence electrons. The molecule has 0 saturated carbocycles. The molecule has 0 fully saturated rings. The molecule has 0 aliphatic heterocycles. The van der Waals surface area contributed by atoms with Gasteiger partial charge >= 0.3 is 6.09 Å². The first-order valence-corrected chi connectivity index (χ1v) is 3.36. The Labute approximate surface area is 69.5 Å². The zero-order valence-corrected chi connectivity index (χ0v) is 6.39. The summed E-state index contributed by atoms with van der Waals surface area (Å²) < 4.78 is 0. The third kappa shape index (κ3) is 2.43. The summed E-state index contributed by atoms with van der Waals surface area (Å²) in [5.74, 6) is 0. The van der Waals surface area contributed by atoms with E-state index in [-0.39, 0.29) is 0 Å². The summed E-state index contributed by atoms with van der Waals surface area (Å²) in [5.41, 5.74) is 0.505. The third-order valence-corrected chi connectivity index (χ3v) is 1.34. The van der Waals surface area contributed by atoms with Crippen LogP contribution in [-0.4, -0.2) is 11.2 Å². The fourth-order valence-corrected chi connectivity index (χ4v) is 0.903. The Morgan fingerprint density at radius 2 is 2.27 bits per heavy atom. The zero-order chi connectivity index (χ0) is 8.27. The van der Waals surface area contributed by atoms with Crippen LogP contribution in [0.5, 0.6) is 0 Å². The van der Waals surface area contributed by atoms with Crippen LogP contribution < -0.4 is 5.32 Å². The van der Waals surface area contributed by atoms with Crippen LogP contribution >= 0.6 is 12.6 Å². The van der Waals surface area contributed by atoms with Gasteiger partial charge in [-0.3, -0.25) is 5.32 Å². The summed E-state index contributed by atoms with van der Waals surface area (Å²) in [7, 11) is 0. The molecule has 0 aromatic heterocycles. The van der Waals surface area contributed by atoms with E-state index in [1.54, 1.807) is 24.3 Å². The summed E-state index contributed by atoms with van der Waals surface area (Å²) >= 11 is 4.82. The predicted octanol–water partition coefficient (Wildman–Crippen LogP) is 2.33. The summed E-state index contributed by atoms with van der Waals surface area (Å²) in [5, 5.41) is 10.5. The van der Waals surface area contributed by atoms with Crippen LogP contribution in [0, 0.1) is 0 Å². The minimum atomic E-state index is -1.08. The van der Waals surface area contributed by atoms with Crippen LogP contribution in [0.3, 0.4) is 0 Å². The van der Waals surface area contributed by atoms with Gasteiger partial charge in [-0.25, -0.2) is 4.79 Å². The van der Waals surface area contributed by atoms with Crippen molar-refractivity contribution in [2.24, 2.45) is 0 Å². The number of hydrogen-bond donors (Lipinski definition) is 2. The van der Waals surface area contributed by atoms with E-state index < -0.39 is 6.09 Å². The van der Waals surface area contributed by atoms with Crippen LogP contribution in [0.2, 0.25) is 0 Å². The van der Waals surface area contributed by atoms with Gasteiger partial charge in [-0.15, -0.1) is 0 Å². The highest BCUT2D eigenvalue weighted by molar-refractivity contribution is 7.80. The Kier molecular flexibility index (Phi) is 2.28. The highest BCUT2D eigenvalue weighted by Crippen LogP contribution is 2.12. The van der Waals surface area contributed by atoms with Crippen molar-refractivity contribution >= 4 is 24.4 Å². The molecule has 1 aromatic rings. The summed E-state index contributed by atoms with van der Waals surface area (Å²) in [6, 6.07) is 6.66. The maximum absolute atomic E-state index is 10.1. The number of carbonyl (C=O) groups is 1. The first kappa shape index (κ1) is 7.81. The maximum Gasteiger partial charge on any atom is 0.409 e. The molecule has 0 aliphatic carbocycles. The molecule has 0 heterocycles. The summed E-state index contributed by atoms with van der Waals surface area (Å²) in [6.45, 7) is 0. The molecule has 0 atom stereocenters. The van der Waals surface area contributed by atoms with Gasteiger partial charge in [0.15, 0.2) is 0 Å². The fourth-order valence-electron chi connectivity index (χ4n) is 0.697. The molecule has 11 heavy (non-hydrogen) atoms. The van der Waals surface area contributed by atoms with Gasteiger partial charge in [-0.05, 0) is 18.2 Å². The van der Waals surface area contributed by atoms with Crippen molar-refractivity contribution in [1.29, 1.82) is 0 Å². The molecule has 1 radical (unpaired) electrons. The van der Waals surface area contributed by atoms with Gasteiger partial charge in [0.05, 0.1) is 0 Å². The standard InChI is InChI=1S/C7H6NO2S/c9-7(10)8-5-2-1-3-6(11)4-5/h1-4,8H,(H,9,10). The molecular formula is C7H6NO2S. The fraction of sp³-hybridized carbons (Fsp3) is 0. The van der Waals surface area contributed by atoms with Crippen LogP contribution in [-0.2, 0) is 0 Å². The lowest BCUT2D eigenvalue weighted by Gasteiger charge is -1.98. The first-order valence-electron chi connectivity index (χ1n) is 2.95. The molecule has 3 nitrogen and oxygen atoms in total. The van der Waals surface area contributed by atoms with Crippen molar-refractivity contribution < 1.29 is 9.90 Å². The molecule has 0 unspecified atom stereocenters. The molecule has 0 aliphatic rings. The van der Waals surface area contributed by atoms with E-state index in [4.69, 9.17) is 17.7 Å². The SMILES string of the molecule is O=C(O)Nc1cccc([S])c1. The normalized spacial score (nSPS) is 9.09. The lowest BCUT2D eigenvalue weighted by atomic mass is 10.3. The number of anilines is 1. The van der Waals surface area contributed by atoms with Crippen molar-refractivity contribution in [1.82, 2.24) is 0 Å². The van der Waals surface area contributed by atoms with Crippen molar-refractivity contribution in [3.05, 3.63) is 24.3 Å². The topological polar surface area (TPSA) is 49.3 Å². The Morgan fingerprint density at radius 3 is 2.82 bits per heavy atom. The Morgan fingerprint density at radius 1 is 1.55 bits per heavy atom. The van der Waals surface area contributed by atoms with Crippen molar-refractivity contribution in [3.8, 4) is 0 Å². The van der Waals surface area contributed by atoms with Gasteiger partial charge in [-0.2, -0.15) is 0 Å². The predicted molar refractivity (Wildman–Crippen MR) is 43.9 cm³/mol. The number of hydrogen-bond acceptors (Lipinski definition) is 1. The van der Waals surface area contributed by atoms with Crippen molar-refractivity contribution in [2.75, 3.05) is 5.32 Å². The lowest BCUT2D eigenvalue weighted by Crippen LogP contribution is -2.06. The molecule has 1 rings (SSSR count). The van der Waals surface area contributed by atoms with E-state index in [1.165, 1.54) is 0 Å². The molecule has 0 spiro atoms. The van der Waals surface area contributed by atoms with Crippen LogP contribution in [0.15, 0.2) is 29.2 Å². The molecule has 4 heteroatoms. The average Bonchev–Trinajstić information content (AvgIpc) is 1.85. The van der Waals surface area contributed by atoms with E-state index >= 15 is 0 Å². The largest absolute Gasteiger partial charge is 0.465 e. The quantitative estimate of drug-likeness (QED) is 0.676. The second kappa shape index (κ2) is 3.21. The Balaban J connectivity index is 2.79. The molecule has 0 saturated heterocycles. The number of nitrogens with one attached hydrogen (secondary N) is 1. The molecule has 1 amide bonds. The minimum absolute atomic E-state index is 0.505. The van der Waals surface area contributed by atoms with Crippen molar-refractivity contribution in [2.45, 2.75) is 4.90 Å². The molecule has 0 bridgehead atoms. The second-order valence-electron chi connectivity index (χ2n) is 1.96. The van der Waals surface area contributed by atoms with E-state index in [1.807, 2.05) is 0 Å². The number of amides is 1. The molecule has 1 aromatic carbocycles. The summed E-state index contributed by atoms with van der Waals surface area (Å²) in [4.78, 5) is 10.8. The summed E-state index contributed by atoms with van der Waals surface area (Å²) in [6.07, 6.45) is -1.08. The first-order chi connectivity index (χ1) is 5.18. The van der Waals surface area contributed by atoms with Gasteiger partial charge in [0.2, 0.25) is 0 Å². The molecule has 2 N–H and O–H groups in total. The van der Waals surface area contributed by atoms with Gasteiger partial charge < -0.3 is 5.11 Å². The minimum Gasteiger partial charge on any atom is -0.465 e. The Bertz CT molecular complexity index is 275. The highest BCUT2D eigenvalue weighted by atomic mass is 32.1. The van der Waals surface area contributed by atoms with Gasteiger partial charge in [0.25, 0.3) is 0 Å². The van der Waals surface area contributed by atoms with E-state index in [0.717, 1.165) is 0 Å². The zero-order valence-electron chi connectivity index (χ0n) is 5.57. The van der Waals surface area contributed by atoms with E-state index in [9.17, 15) is 4.79 Å².